The van der Waals surface area contributed by atoms with E-state index in [1.165, 1.54) is 0 Å². The van der Waals surface area contributed by atoms with Gasteiger partial charge in [-0.1, -0.05) is 23.7 Å². The lowest BCUT2D eigenvalue weighted by Gasteiger charge is -2.27. The van der Waals surface area contributed by atoms with Crippen molar-refractivity contribution in [2.24, 2.45) is 0 Å². The van der Waals surface area contributed by atoms with Gasteiger partial charge in [-0.2, -0.15) is 0 Å². The van der Waals surface area contributed by atoms with E-state index in [-0.39, 0.29) is 24.7 Å². The Hall–Kier alpha value is -1.30. The Morgan fingerprint density at radius 2 is 2.23 bits per heavy atom. The van der Waals surface area contributed by atoms with E-state index in [1.54, 1.807) is 12.0 Å². The predicted molar refractivity (Wildman–Crippen MR) is 86.0 cm³/mol. The highest BCUT2D eigenvalue weighted by Gasteiger charge is 2.29. The molecule has 0 saturated carbocycles. The van der Waals surface area contributed by atoms with Gasteiger partial charge in [0, 0.05) is 25.3 Å². The van der Waals surface area contributed by atoms with E-state index in [4.69, 9.17) is 16.3 Å². The molecule has 1 aliphatic rings. The van der Waals surface area contributed by atoms with Gasteiger partial charge >= 0.3 is 6.03 Å². The Bertz CT molecular complexity index is 481. The number of carbonyl (C=O) groups is 1. The quantitative estimate of drug-likeness (QED) is 0.844. The number of hydrogen-bond donors (Lipinski definition) is 2. The van der Waals surface area contributed by atoms with Gasteiger partial charge in [0.2, 0.25) is 0 Å². The van der Waals surface area contributed by atoms with Crippen LogP contribution in [0.5, 0.6) is 0 Å². The highest BCUT2D eigenvalue weighted by atomic mass is 35.5. The summed E-state index contributed by atoms with van der Waals surface area (Å²) in [5.41, 5.74) is 0.995. The number of ether oxygens (including phenoxy) is 1. The summed E-state index contributed by atoms with van der Waals surface area (Å²) in [6, 6.07) is 7.11. The number of aliphatic hydroxyl groups is 1. The molecule has 0 spiro atoms. The van der Waals surface area contributed by atoms with Crippen LogP contribution in [-0.2, 0) is 4.74 Å². The van der Waals surface area contributed by atoms with Crippen LogP contribution >= 0.6 is 11.6 Å². The molecule has 122 valence electrons. The van der Waals surface area contributed by atoms with Gasteiger partial charge in [-0.25, -0.2) is 4.79 Å². The molecule has 0 radical (unpaired) electrons. The van der Waals surface area contributed by atoms with Gasteiger partial charge in [0.05, 0.1) is 18.7 Å². The number of nitrogens with one attached hydrogen (secondary N) is 1. The standard InChI is InChI=1S/C16H23ClN2O3/c1-22-10-8-15(12-4-6-13(17)7-5-12)18-16(21)19-9-2-3-14(19)11-20/h4-7,14-15,20H,2-3,8-11H2,1H3,(H,18,21)/t14-,15+/m1/s1. The zero-order chi connectivity index (χ0) is 15.9. The highest BCUT2D eigenvalue weighted by molar-refractivity contribution is 6.30. The molecule has 1 fully saturated rings. The van der Waals surface area contributed by atoms with Crippen LogP contribution in [0.3, 0.4) is 0 Å². The summed E-state index contributed by atoms with van der Waals surface area (Å²) >= 11 is 5.92. The first-order chi connectivity index (χ1) is 10.7. The van der Waals surface area contributed by atoms with E-state index in [0.29, 0.717) is 24.6 Å². The van der Waals surface area contributed by atoms with Crippen LogP contribution in [0.4, 0.5) is 4.79 Å². The van der Waals surface area contributed by atoms with Crippen LogP contribution in [0.15, 0.2) is 24.3 Å². The van der Waals surface area contributed by atoms with Crippen molar-refractivity contribution in [1.29, 1.82) is 0 Å². The Labute approximate surface area is 136 Å². The zero-order valence-corrected chi connectivity index (χ0v) is 13.6. The number of likely N-dealkylation sites (tertiary alicyclic amines) is 1. The van der Waals surface area contributed by atoms with Gasteiger partial charge in [-0.05, 0) is 37.0 Å². The fraction of sp³-hybridized carbons (Fsp3) is 0.562. The first-order valence-electron chi connectivity index (χ1n) is 7.58. The van der Waals surface area contributed by atoms with Crippen LogP contribution in [0.1, 0.15) is 30.9 Å². The zero-order valence-electron chi connectivity index (χ0n) is 12.8. The molecular weight excluding hydrogens is 304 g/mol. The highest BCUT2D eigenvalue weighted by Crippen LogP contribution is 2.22. The summed E-state index contributed by atoms with van der Waals surface area (Å²) < 4.78 is 5.14. The molecule has 22 heavy (non-hydrogen) atoms. The summed E-state index contributed by atoms with van der Waals surface area (Å²) in [4.78, 5) is 14.2. The Morgan fingerprint density at radius 3 is 2.86 bits per heavy atom. The minimum absolute atomic E-state index is 0.0110. The van der Waals surface area contributed by atoms with Crippen molar-refractivity contribution in [2.75, 3.05) is 26.9 Å². The minimum Gasteiger partial charge on any atom is -0.394 e. The normalized spacial score (nSPS) is 19.2. The smallest absolute Gasteiger partial charge is 0.318 e. The van der Waals surface area contributed by atoms with Crippen LogP contribution in [0, 0.1) is 0 Å². The van der Waals surface area contributed by atoms with Crippen LogP contribution in [0.25, 0.3) is 0 Å². The molecule has 1 aromatic carbocycles. The average Bonchev–Trinajstić information content (AvgIpc) is 3.01. The number of benzene rings is 1. The second kappa shape index (κ2) is 8.36. The molecule has 1 saturated heterocycles. The summed E-state index contributed by atoms with van der Waals surface area (Å²) in [5.74, 6) is 0. The number of nitrogens with zero attached hydrogens (tertiary/aromatic N) is 1. The lowest BCUT2D eigenvalue weighted by atomic mass is 10.0. The average molecular weight is 327 g/mol. The number of hydrogen-bond acceptors (Lipinski definition) is 3. The second-order valence-corrected chi connectivity index (χ2v) is 5.94. The molecular formula is C16H23ClN2O3. The van der Waals surface area contributed by atoms with Gasteiger partial charge < -0.3 is 20.1 Å². The number of rotatable bonds is 6. The molecule has 1 aromatic rings. The SMILES string of the molecule is COCC[C@H](NC(=O)N1CCC[C@@H]1CO)c1ccc(Cl)cc1. The van der Waals surface area contributed by atoms with Crippen LogP contribution in [0.2, 0.25) is 5.02 Å². The first kappa shape index (κ1) is 17.1. The molecule has 0 aromatic heterocycles. The predicted octanol–water partition coefficient (Wildman–Crippen LogP) is 2.58. The fourth-order valence-electron chi connectivity index (χ4n) is 2.78. The molecule has 5 nitrogen and oxygen atoms in total. The maximum atomic E-state index is 12.5. The van der Waals surface area contributed by atoms with E-state index < -0.39 is 0 Å². The first-order valence-corrected chi connectivity index (χ1v) is 7.96. The van der Waals surface area contributed by atoms with E-state index in [0.717, 1.165) is 18.4 Å². The van der Waals surface area contributed by atoms with Gasteiger partial charge in [0.1, 0.15) is 0 Å². The number of halogens is 1. The van der Waals surface area contributed by atoms with Crippen molar-refractivity contribution >= 4 is 17.6 Å². The van der Waals surface area contributed by atoms with Crippen LogP contribution in [-0.4, -0.2) is 48.9 Å². The lowest BCUT2D eigenvalue weighted by Crippen LogP contribution is -2.45. The summed E-state index contributed by atoms with van der Waals surface area (Å²) in [6.45, 7) is 1.25. The number of amides is 2. The van der Waals surface area contributed by atoms with E-state index in [1.807, 2.05) is 24.3 Å². The molecule has 2 atom stereocenters. The molecule has 2 N–H and O–H groups in total. The largest absolute Gasteiger partial charge is 0.394 e. The van der Waals surface area contributed by atoms with E-state index in [2.05, 4.69) is 5.32 Å². The molecule has 0 bridgehead atoms. The Balaban J connectivity index is 2.05. The van der Waals surface area contributed by atoms with Crippen molar-refractivity contribution in [2.45, 2.75) is 31.3 Å². The van der Waals surface area contributed by atoms with E-state index in [9.17, 15) is 9.90 Å². The molecule has 1 heterocycles. The summed E-state index contributed by atoms with van der Waals surface area (Å²) in [7, 11) is 1.64. The molecule has 0 aliphatic carbocycles. The van der Waals surface area contributed by atoms with Crippen molar-refractivity contribution in [1.82, 2.24) is 10.2 Å². The third-order valence-corrected chi connectivity index (χ3v) is 4.28. The summed E-state index contributed by atoms with van der Waals surface area (Å²) in [5, 5.41) is 13.1. The third-order valence-electron chi connectivity index (χ3n) is 4.03. The maximum absolute atomic E-state index is 12.5. The maximum Gasteiger partial charge on any atom is 0.318 e. The van der Waals surface area contributed by atoms with Crippen molar-refractivity contribution < 1.29 is 14.6 Å². The van der Waals surface area contributed by atoms with E-state index >= 15 is 0 Å². The Morgan fingerprint density at radius 1 is 1.50 bits per heavy atom. The Kier molecular flexibility index (Phi) is 6.49. The van der Waals surface area contributed by atoms with Crippen molar-refractivity contribution in [3.63, 3.8) is 0 Å². The van der Waals surface area contributed by atoms with Gasteiger partial charge in [0.15, 0.2) is 0 Å². The lowest BCUT2D eigenvalue weighted by molar-refractivity contribution is 0.149. The monoisotopic (exact) mass is 326 g/mol. The van der Waals surface area contributed by atoms with Crippen molar-refractivity contribution in [3.05, 3.63) is 34.9 Å². The van der Waals surface area contributed by atoms with Crippen LogP contribution < -0.4 is 5.32 Å². The van der Waals surface area contributed by atoms with Gasteiger partial charge in [-0.15, -0.1) is 0 Å². The molecule has 0 unspecified atom stereocenters. The van der Waals surface area contributed by atoms with Crippen molar-refractivity contribution in [3.8, 4) is 0 Å². The molecule has 1 aliphatic heterocycles. The second-order valence-electron chi connectivity index (χ2n) is 5.51. The number of methoxy groups -OCH3 is 1. The van der Waals surface area contributed by atoms with Gasteiger partial charge in [0.25, 0.3) is 0 Å². The minimum atomic E-state index is -0.135. The number of urea groups is 1. The molecule has 6 heteroatoms. The molecule has 2 rings (SSSR count). The molecule has 2 amide bonds. The number of carbonyl (C=O) groups excluding carboxylic acids is 1. The summed E-state index contributed by atoms with van der Waals surface area (Å²) in [6.07, 6.45) is 2.47. The third kappa shape index (κ3) is 4.35. The topological polar surface area (TPSA) is 61.8 Å². The number of aliphatic hydroxyl groups excluding tert-OH is 1. The fourth-order valence-corrected chi connectivity index (χ4v) is 2.90. The van der Waals surface area contributed by atoms with Gasteiger partial charge in [-0.3, -0.25) is 0 Å².